The summed E-state index contributed by atoms with van der Waals surface area (Å²) >= 11 is 0. The third kappa shape index (κ3) is 4.43. The van der Waals surface area contributed by atoms with Crippen molar-refractivity contribution in [1.82, 2.24) is 4.90 Å². The topological polar surface area (TPSA) is 130 Å². The molecule has 2 aromatic carbocycles. The van der Waals surface area contributed by atoms with E-state index in [2.05, 4.69) is 0 Å². The van der Waals surface area contributed by atoms with E-state index in [0.29, 0.717) is 19.5 Å². The minimum atomic E-state index is -0.813. The molecule has 0 atom stereocenters. The Hall–Kier alpha value is -3.36. The van der Waals surface area contributed by atoms with Gasteiger partial charge in [-0.15, -0.1) is 0 Å². The van der Waals surface area contributed by atoms with Gasteiger partial charge in [0.15, 0.2) is 5.75 Å². The van der Waals surface area contributed by atoms with Gasteiger partial charge in [-0.1, -0.05) is 0 Å². The molecule has 0 fully saturated rings. The first-order chi connectivity index (χ1) is 12.8. The minimum Gasteiger partial charge on any atom is -0.504 e. The Morgan fingerprint density at radius 2 is 1.96 bits per heavy atom. The lowest BCUT2D eigenvalue weighted by atomic mass is 10.0. The van der Waals surface area contributed by atoms with Crippen LogP contribution in [0, 0.1) is 10.1 Å². The highest BCUT2D eigenvalue weighted by Gasteiger charge is 2.23. The smallest absolute Gasteiger partial charge is 0.322 e. The van der Waals surface area contributed by atoms with E-state index in [0.717, 1.165) is 0 Å². The Balaban J connectivity index is 2.29. The molecule has 0 radical (unpaired) electrons. The van der Waals surface area contributed by atoms with E-state index in [1.165, 1.54) is 31.2 Å². The van der Waals surface area contributed by atoms with E-state index in [-0.39, 0.29) is 34.8 Å². The Kier molecular flexibility index (Phi) is 6.17. The normalized spacial score (nSPS) is 10.6. The van der Waals surface area contributed by atoms with Crippen LogP contribution in [0.1, 0.15) is 30.6 Å². The molecule has 1 amide bonds. The molecule has 2 rings (SSSR count). The van der Waals surface area contributed by atoms with Crippen molar-refractivity contribution in [3.05, 3.63) is 39.9 Å². The number of phenols is 2. The lowest BCUT2D eigenvalue weighted by molar-refractivity contribution is -0.384. The summed E-state index contributed by atoms with van der Waals surface area (Å²) < 4.78 is 4.85. The van der Waals surface area contributed by atoms with Gasteiger partial charge in [0.25, 0.3) is 5.91 Å². The number of ether oxygens (including phenoxy) is 1. The van der Waals surface area contributed by atoms with Crippen LogP contribution >= 0.6 is 0 Å². The highest BCUT2D eigenvalue weighted by atomic mass is 16.6. The highest BCUT2D eigenvalue weighted by Crippen LogP contribution is 2.41. The molecule has 0 bridgehead atoms. The number of esters is 1. The van der Waals surface area contributed by atoms with Crippen molar-refractivity contribution in [3.63, 3.8) is 0 Å². The number of fused-ring (bicyclic) bond motifs is 1. The average molecular weight is 376 g/mol. The van der Waals surface area contributed by atoms with Crippen LogP contribution in [0.15, 0.2) is 24.3 Å². The number of nitrogens with zero attached hydrogens (tertiary/aromatic N) is 2. The fourth-order valence-electron chi connectivity index (χ4n) is 2.74. The number of nitro groups is 1. The molecule has 0 aliphatic rings. The predicted octanol–water partition coefficient (Wildman–Crippen LogP) is 2.57. The van der Waals surface area contributed by atoms with Gasteiger partial charge < -0.3 is 19.8 Å². The summed E-state index contributed by atoms with van der Waals surface area (Å²) in [5.41, 5.74) is -0.325. The van der Waals surface area contributed by atoms with Crippen LogP contribution in [0.2, 0.25) is 0 Å². The largest absolute Gasteiger partial charge is 0.504 e. The second-order valence-electron chi connectivity index (χ2n) is 5.86. The Morgan fingerprint density at radius 3 is 2.56 bits per heavy atom. The Labute approximate surface area is 154 Å². The van der Waals surface area contributed by atoms with Crippen molar-refractivity contribution in [2.24, 2.45) is 0 Å². The predicted molar refractivity (Wildman–Crippen MR) is 96.8 cm³/mol. The lowest BCUT2D eigenvalue weighted by Crippen LogP contribution is -2.32. The lowest BCUT2D eigenvalue weighted by Gasteiger charge is -2.21. The molecular formula is C18H20N2O7. The number of carbonyl (C=O) groups excluding carboxylic acids is 2. The molecule has 0 aliphatic carbocycles. The zero-order valence-electron chi connectivity index (χ0n) is 15.0. The summed E-state index contributed by atoms with van der Waals surface area (Å²) in [6.07, 6.45) is 0.479. The van der Waals surface area contributed by atoms with Gasteiger partial charge in [-0.2, -0.15) is 0 Å². The monoisotopic (exact) mass is 376 g/mol. The van der Waals surface area contributed by atoms with Crippen LogP contribution < -0.4 is 0 Å². The molecule has 0 saturated carbocycles. The van der Waals surface area contributed by atoms with Crippen LogP contribution in [-0.2, 0) is 9.53 Å². The van der Waals surface area contributed by atoms with Gasteiger partial charge in [0.2, 0.25) is 5.75 Å². The van der Waals surface area contributed by atoms with Gasteiger partial charge in [-0.05, 0) is 43.0 Å². The zero-order valence-corrected chi connectivity index (χ0v) is 15.0. The molecular weight excluding hydrogens is 356 g/mol. The van der Waals surface area contributed by atoms with E-state index in [9.17, 15) is 29.9 Å². The second kappa shape index (κ2) is 8.35. The molecule has 0 aliphatic heterocycles. The molecule has 0 heterocycles. The maximum atomic E-state index is 12.7. The van der Waals surface area contributed by atoms with E-state index in [1.54, 1.807) is 11.8 Å². The SMILES string of the molecule is CCN(CCCOC(C)=O)C(=O)c1ccc2c([N+](=O)[O-])c(O)c(O)cc2c1. The molecule has 0 spiro atoms. The zero-order chi connectivity index (χ0) is 20.1. The molecule has 0 aromatic heterocycles. The van der Waals surface area contributed by atoms with Gasteiger partial charge in [0.05, 0.1) is 16.9 Å². The third-order valence-electron chi connectivity index (χ3n) is 4.04. The van der Waals surface area contributed by atoms with E-state index >= 15 is 0 Å². The number of hydrogen-bond donors (Lipinski definition) is 2. The summed E-state index contributed by atoms with van der Waals surface area (Å²) in [6, 6.07) is 5.40. The number of nitro benzene ring substituents is 1. The van der Waals surface area contributed by atoms with Crippen LogP contribution in [0.25, 0.3) is 10.8 Å². The molecule has 27 heavy (non-hydrogen) atoms. The summed E-state index contributed by atoms with van der Waals surface area (Å²) in [6.45, 7) is 4.12. The molecule has 9 nitrogen and oxygen atoms in total. The fourth-order valence-corrected chi connectivity index (χ4v) is 2.74. The number of aromatic hydroxyl groups is 2. The maximum absolute atomic E-state index is 12.7. The van der Waals surface area contributed by atoms with Crippen molar-refractivity contribution >= 4 is 28.3 Å². The van der Waals surface area contributed by atoms with Crippen LogP contribution in [0.4, 0.5) is 5.69 Å². The Bertz CT molecular complexity index is 895. The number of benzene rings is 2. The number of phenolic OH excluding ortho intramolecular Hbond substituents is 2. The molecule has 2 aromatic rings. The van der Waals surface area contributed by atoms with Gasteiger partial charge in [-0.3, -0.25) is 19.7 Å². The van der Waals surface area contributed by atoms with Crippen molar-refractivity contribution in [2.75, 3.05) is 19.7 Å². The van der Waals surface area contributed by atoms with Gasteiger partial charge >= 0.3 is 11.7 Å². The number of rotatable bonds is 7. The maximum Gasteiger partial charge on any atom is 0.322 e. The molecule has 144 valence electrons. The summed E-state index contributed by atoms with van der Waals surface area (Å²) in [7, 11) is 0. The standard InChI is InChI=1S/C18H20N2O7/c1-3-19(7-4-8-27-11(2)21)18(24)12-5-6-14-13(9-12)10-15(22)17(23)16(14)20(25)26/h5-6,9-10,22-23H,3-4,7-8H2,1-2H3. The summed E-state index contributed by atoms with van der Waals surface area (Å²) in [5, 5.41) is 31.0. The van der Waals surface area contributed by atoms with E-state index in [4.69, 9.17) is 4.74 Å². The van der Waals surface area contributed by atoms with Gasteiger partial charge in [-0.25, -0.2) is 0 Å². The fraction of sp³-hybridized carbons (Fsp3) is 0.333. The van der Waals surface area contributed by atoms with Crippen molar-refractivity contribution < 1.29 is 29.5 Å². The number of amides is 1. The van der Waals surface area contributed by atoms with Crippen LogP contribution in [-0.4, -0.2) is 51.6 Å². The quantitative estimate of drug-likeness (QED) is 0.250. The first kappa shape index (κ1) is 20.0. The Morgan fingerprint density at radius 1 is 1.26 bits per heavy atom. The van der Waals surface area contributed by atoms with Gasteiger partial charge in [0, 0.05) is 25.6 Å². The van der Waals surface area contributed by atoms with Crippen molar-refractivity contribution in [1.29, 1.82) is 0 Å². The van der Waals surface area contributed by atoms with Crippen molar-refractivity contribution in [3.8, 4) is 11.5 Å². The van der Waals surface area contributed by atoms with E-state index in [1.807, 2.05) is 0 Å². The highest BCUT2D eigenvalue weighted by molar-refractivity contribution is 6.02. The molecule has 9 heteroatoms. The number of carbonyl (C=O) groups is 2. The molecule has 2 N–H and O–H groups in total. The average Bonchev–Trinajstić information content (AvgIpc) is 2.61. The van der Waals surface area contributed by atoms with Crippen LogP contribution in [0.3, 0.4) is 0 Å². The summed E-state index contributed by atoms with van der Waals surface area (Å²) in [5.74, 6) is -2.12. The first-order valence-electron chi connectivity index (χ1n) is 8.32. The summed E-state index contributed by atoms with van der Waals surface area (Å²) in [4.78, 5) is 35.4. The minimum absolute atomic E-state index is 0.116. The van der Waals surface area contributed by atoms with Gasteiger partial charge in [0.1, 0.15) is 0 Å². The third-order valence-corrected chi connectivity index (χ3v) is 4.04. The molecule has 0 unspecified atom stereocenters. The van der Waals surface area contributed by atoms with E-state index < -0.39 is 22.1 Å². The molecule has 0 saturated heterocycles. The number of hydrogen-bond acceptors (Lipinski definition) is 7. The first-order valence-corrected chi connectivity index (χ1v) is 8.32. The van der Waals surface area contributed by atoms with Crippen molar-refractivity contribution in [2.45, 2.75) is 20.3 Å². The second-order valence-corrected chi connectivity index (χ2v) is 5.86. The van der Waals surface area contributed by atoms with Crippen LogP contribution in [0.5, 0.6) is 11.5 Å².